The number of aromatic nitrogens is 1. The van der Waals surface area contributed by atoms with Crippen molar-refractivity contribution in [1.82, 2.24) is 4.98 Å². The lowest BCUT2D eigenvalue weighted by molar-refractivity contribution is 0.957. The largest absolute Gasteiger partial charge is 0.256 e. The van der Waals surface area contributed by atoms with E-state index in [2.05, 4.69) is 30.3 Å². The summed E-state index contributed by atoms with van der Waals surface area (Å²) in [4.78, 5) is 4.34. The molecule has 14 heavy (non-hydrogen) atoms. The van der Waals surface area contributed by atoms with Crippen molar-refractivity contribution in [3.63, 3.8) is 0 Å². The Morgan fingerprint density at radius 2 is 2.29 bits per heavy atom. The van der Waals surface area contributed by atoms with Gasteiger partial charge in [-0.3, -0.25) is 4.98 Å². The van der Waals surface area contributed by atoms with E-state index in [9.17, 15) is 0 Å². The molecule has 1 nitrogen and oxygen atoms in total. The van der Waals surface area contributed by atoms with E-state index in [0.29, 0.717) is 0 Å². The summed E-state index contributed by atoms with van der Waals surface area (Å²) >= 11 is 0. The minimum absolute atomic E-state index is 0.939. The molecule has 1 heterocycles. The van der Waals surface area contributed by atoms with Gasteiger partial charge in [0.1, 0.15) is 0 Å². The zero-order chi connectivity index (χ0) is 9.97. The summed E-state index contributed by atoms with van der Waals surface area (Å²) in [6.07, 6.45) is 12.1. The third-order valence-electron chi connectivity index (χ3n) is 2.50. The molecule has 0 saturated heterocycles. The van der Waals surface area contributed by atoms with Crippen LogP contribution in [0.15, 0.2) is 24.9 Å². The molecule has 0 radical (unpaired) electrons. The number of nitrogens with zero attached hydrogens (tertiary/aromatic N) is 1. The summed E-state index contributed by atoms with van der Waals surface area (Å²) in [5.74, 6) is 0. The Hall–Kier alpha value is -1.63. The fourth-order valence-corrected chi connectivity index (χ4v) is 1.76. The van der Waals surface area contributed by atoms with Gasteiger partial charge >= 0.3 is 0 Å². The summed E-state index contributed by atoms with van der Waals surface area (Å²) in [6, 6.07) is 0. The second-order valence-electron chi connectivity index (χ2n) is 3.40. The van der Waals surface area contributed by atoms with E-state index in [0.717, 1.165) is 23.4 Å². The van der Waals surface area contributed by atoms with Crippen LogP contribution in [0.2, 0.25) is 0 Å². The maximum Gasteiger partial charge on any atom is 0.0699 e. The van der Waals surface area contributed by atoms with Crippen LogP contribution in [0.1, 0.15) is 17.5 Å². The Bertz CT molecular complexity index is 495. The zero-order valence-corrected chi connectivity index (χ0v) is 8.16. The van der Waals surface area contributed by atoms with E-state index >= 15 is 0 Å². The van der Waals surface area contributed by atoms with Gasteiger partial charge in [0.2, 0.25) is 0 Å². The van der Waals surface area contributed by atoms with E-state index in [1.165, 1.54) is 11.1 Å². The predicted molar refractivity (Wildman–Crippen MR) is 61.0 cm³/mol. The minimum Gasteiger partial charge on any atom is -0.256 e. The number of rotatable bonds is 1. The molecule has 2 rings (SSSR count). The summed E-state index contributed by atoms with van der Waals surface area (Å²) in [6.45, 7) is 7.75. The van der Waals surface area contributed by atoms with E-state index in [4.69, 9.17) is 0 Å². The highest BCUT2D eigenvalue weighted by Gasteiger charge is 2.05. The molecular weight excluding hydrogens is 170 g/mol. The fourth-order valence-electron chi connectivity index (χ4n) is 1.76. The lowest BCUT2D eigenvalue weighted by atomic mass is 9.97. The molecular formula is C13H13N. The van der Waals surface area contributed by atoms with Crippen molar-refractivity contribution < 1.29 is 0 Å². The summed E-state index contributed by atoms with van der Waals surface area (Å²) < 4.78 is 0. The van der Waals surface area contributed by atoms with Crippen LogP contribution >= 0.6 is 0 Å². The molecule has 0 amide bonds. The van der Waals surface area contributed by atoms with Gasteiger partial charge in [-0.05, 0) is 35.3 Å². The number of hydrogen-bond acceptors (Lipinski definition) is 1. The Morgan fingerprint density at radius 1 is 1.43 bits per heavy atom. The van der Waals surface area contributed by atoms with Gasteiger partial charge < -0.3 is 0 Å². The third-order valence-corrected chi connectivity index (χ3v) is 2.50. The van der Waals surface area contributed by atoms with Crippen molar-refractivity contribution in [2.75, 3.05) is 0 Å². The van der Waals surface area contributed by atoms with Gasteiger partial charge in [0, 0.05) is 6.20 Å². The van der Waals surface area contributed by atoms with Gasteiger partial charge in [-0.15, -0.1) is 0 Å². The van der Waals surface area contributed by atoms with E-state index in [-0.39, 0.29) is 0 Å². The molecule has 1 aromatic rings. The predicted octanol–water partition coefficient (Wildman–Crippen LogP) is 1.42. The van der Waals surface area contributed by atoms with Crippen LogP contribution in [0.5, 0.6) is 0 Å². The second kappa shape index (κ2) is 3.62. The van der Waals surface area contributed by atoms with Crippen LogP contribution in [0, 0.1) is 0 Å². The molecule has 1 aromatic heterocycles. The monoisotopic (exact) mass is 183 g/mol. The topological polar surface area (TPSA) is 12.9 Å². The lowest BCUT2D eigenvalue weighted by Crippen LogP contribution is -2.31. The molecule has 0 bridgehead atoms. The normalized spacial score (nSPS) is 15.3. The molecule has 0 fully saturated rings. The quantitative estimate of drug-likeness (QED) is 0.641. The van der Waals surface area contributed by atoms with Crippen LogP contribution in [-0.2, 0) is 6.42 Å². The Balaban J connectivity index is 2.74. The Kier molecular flexibility index (Phi) is 2.32. The molecule has 0 unspecified atom stereocenters. The van der Waals surface area contributed by atoms with Crippen molar-refractivity contribution in [2.45, 2.75) is 12.8 Å². The summed E-state index contributed by atoms with van der Waals surface area (Å²) in [7, 11) is 0. The second-order valence-corrected chi connectivity index (χ2v) is 3.40. The highest BCUT2D eigenvalue weighted by molar-refractivity contribution is 5.56. The van der Waals surface area contributed by atoms with Gasteiger partial charge in [0.15, 0.2) is 0 Å². The average Bonchev–Trinajstić information content (AvgIpc) is 2.23. The first-order valence-electron chi connectivity index (χ1n) is 4.79. The van der Waals surface area contributed by atoms with Gasteiger partial charge in [-0.25, -0.2) is 0 Å². The van der Waals surface area contributed by atoms with E-state index < -0.39 is 0 Å². The maximum atomic E-state index is 4.34. The Morgan fingerprint density at radius 3 is 3.07 bits per heavy atom. The molecule has 0 atom stereocenters. The molecule has 1 aliphatic rings. The van der Waals surface area contributed by atoms with Crippen molar-refractivity contribution >= 4 is 18.7 Å². The van der Waals surface area contributed by atoms with Crippen LogP contribution in [-0.4, -0.2) is 4.98 Å². The fraction of sp³-hybridized carbons (Fsp3) is 0.154. The highest BCUT2D eigenvalue weighted by Crippen LogP contribution is 2.12. The first kappa shape index (κ1) is 8.95. The number of allylic oxidation sites excluding steroid dienone is 2. The van der Waals surface area contributed by atoms with Crippen molar-refractivity contribution in [2.24, 2.45) is 0 Å². The van der Waals surface area contributed by atoms with Crippen LogP contribution < -0.4 is 10.6 Å². The number of pyridine rings is 1. The minimum atomic E-state index is 0.939. The zero-order valence-electron chi connectivity index (χ0n) is 8.16. The molecule has 70 valence electrons. The lowest BCUT2D eigenvalue weighted by Gasteiger charge is -2.09. The molecule has 1 aliphatic carbocycles. The number of fused-ring (bicyclic) bond motifs is 1. The highest BCUT2D eigenvalue weighted by atomic mass is 14.6. The molecule has 1 heteroatoms. The van der Waals surface area contributed by atoms with Crippen molar-refractivity contribution in [3.05, 3.63) is 46.6 Å². The van der Waals surface area contributed by atoms with Crippen LogP contribution in [0.25, 0.3) is 18.7 Å². The Labute approximate surface area is 83.8 Å². The smallest absolute Gasteiger partial charge is 0.0699 e. The molecule has 0 aromatic carbocycles. The van der Waals surface area contributed by atoms with Gasteiger partial charge in [0.05, 0.1) is 5.35 Å². The standard InChI is InChI=1S/C13H13N/c1-3-6-13-10(2)12-8-5-4-7-11(12)9-14-13/h3-4,6-7,9H,1-2,5,8H2/b13-6+. The van der Waals surface area contributed by atoms with Gasteiger partial charge in [0.25, 0.3) is 0 Å². The van der Waals surface area contributed by atoms with Crippen LogP contribution in [0.4, 0.5) is 0 Å². The molecule has 0 N–H and O–H groups in total. The van der Waals surface area contributed by atoms with E-state index in [1.807, 2.05) is 12.3 Å². The average molecular weight is 183 g/mol. The van der Waals surface area contributed by atoms with Crippen LogP contribution in [0.3, 0.4) is 0 Å². The molecule has 0 spiro atoms. The molecule has 0 aliphatic heterocycles. The molecule has 0 saturated carbocycles. The first-order valence-corrected chi connectivity index (χ1v) is 4.79. The third kappa shape index (κ3) is 1.41. The van der Waals surface area contributed by atoms with Crippen molar-refractivity contribution in [1.29, 1.82) is 0 Å². The van der Waals surface area contributed by atoms with Crippen molar-refractivity contribution in [3.8, 4) is 0 Å². The van der Waals surface area contributed by atoms with E-state index in [1.54, 1.807) is 6.08 Å². The number of hydrogen-bond donors (Lipinski definition) is 0. The first-order chi connectivity index (χ1) is 6.83. The summed E-state index contributed by atoms with van der Waals surface area (Å²) in [5.41, 5.74) is 2.54. The van der Waals surface area contributed by atoms with Gasteiger partial charge in [-0.2, -0.15) is 0 Å². The van der Waals surface area contributed by atoms with Gasteiger partial charge in [-0.1, -0.05) is 31.4 Å². The SMILES string of the molecule is C=C/C=c1/ncc2c(c1=C)CCC=C2. The summed E-state index contributed by atoms with van der Waals surface area (Å²) in [5, 5.41) is 1.99. The maximum absolute atomic E-state index is 4.34.